The van der Waals surface area contributed by atoms with Gasteiger partial charge in [0.15, 0.2) is 0 Å². The molecule has 31 heavy (non-hydrogen) atoms. The van der Waals surface area contributed by atoms with Gasteiger partial charge in [-0.05, 0) is 13.1 Å². The first-order valence-corrected chi connectivity index (χ1v) is 10.3. The monoisotopic (exact) mass is 460 g/mol. The van der Waals surface area contributed by atoms with Crippen molar-refractivity contribution in [2.75, 3.05) is 54.4 Å². The number of aliphatic carboxylic acids is 1. The maximum absolute atomic E-state index is 13.0. The molecular weight excluding hydrogens is 436 g/mol. The average molecular weight is 460 g/mol. The van der Waals surface area contributed by atoms with Gasteiger partial charge in [-0.15, -0.1) is 0 Å². The fourth-order valence-corrected chi connectivity index (χ4v) is 3.75. The predicted octanol–water partition coefficient (Wildman–Crippen LogP) is -0.523. The average Bonchev–Trinajstić information content (AvgIpc) is 2.70. The van der Waals surface area contributed by atoms with Crippen LogP contribution in [-0.2, 0) is 24.3 Å². The molecule has 1 rings (SSSR count). The van der Waals surface area contributed by atoms with Crippen molar-refractivity contribution in [1.29, 1.82) is 0 Å². The van der Waals surface area contributed by atoms with Crippen LogP contribution in [0.15, 0.2) is 23.1 Å². The predicted molar refractivity (Wildman–Crippen MR) is 107 cm³/mol. The first-order chi connectivity index (χ1) is 14.3. The lowest BCUT2D eigenvalue weighted by Gasteiger charge is -2.23. The molecule has 0 spiro atoms. The summed E-state index contributed by atoms with van der Waals surface area (Å²) in [5.41, 5.74) is -1.15. The number of carboxylic acid groups (broad SMARTS) is 1. The zero-order chi connectivity index (χ0) is 23.9. The molecule has 0 saturated carbocycles. The summed E-state index contributed by atoms with van der Waals surface area (Å²) in [5, 5.41) is 19.8. The Hall–Kier alpha value is -3.10. The van der Waals surface area contributed by atoms with Crippen molar-refractivity contribution < 1.29 is 37.6 Å². The largest absolute Gasteiger partial charge is 0.473 e. The second-order valence-corrected chi connectivity index (χ2v) is 8.69. The molecule has 1 N–H and O–H groups in total. The SMILES string of the molecule is CN(CCOC(=O)C(=O)O)CCN(C)S(=O)(=O)c1cccc([N+](=O)[O-])c1C(=O)N(C)C. The minimum atomic E-state index is -4.25. The third kappa shape index (κ3) is 6.70. The van der Waals surface area contributed by atoms with Gasteiger partial charge in [0.05, 0.1) is 4.92 Å². The highest BCUT2D eigenvalue weighted by atomic mass is 32.2. The molecule has 1 aromatic carbocycles. The maximum atomic E-state index is 13.0. The van der Waals surface area contributed by atoms with Gasteiger partial charge in [-0.3, -0.25) is 14.9 Å². The molecule has 0 fully saturated rings. The standard InChI is InChI=1S/C17H24N4O9S/c1-18(2)15(22)14-12(21(26)27)6-5-7-13(14)31(28,29)20(4)9-8-19(3)10-11-30-17(25)16(23)24/h5-7H,8-11H2,1-4H3,(H,23,24). The minimum Gasteiger partial charge on any atom is -0.473 e. The fourth-order valence-electron chi connectivity index (χ4n) is 2.39. The van der Waals surface area contributed by atoms with Crippen LogP contribution in [0.5, 0.6) is 0 Å². The van der Waals surface area contributed by atoms with Crippen molar-refractivity contribution >= 4 is 33.6 Å². The van der Waals surface area contributed by atoms with Crippen molar-refractivity contribution in [3.63, 3.8) is 0 Å². The molecule has 1 amide bonds. The van der Waals surface area contributed by atoms with Gasteiger partial charge < -0.3 is 19.6 Å². The fraction of sp³-hybridized carbons (Fsp3) is 0.471. The number of nitro groups is 1. The number of amides is 1. The molecule has 14 heteroatoms. The van der Waals surface area contributed by atoms with E-state index in [0.717, 1.165) is 21.3 Å². The van der Waals surface area contributed by atoms with Crippen molar-refractivity contribution in [1.82, 2.24) is 14.1 Å². The summed E-state index contributed by atoms with van der Waals surface area (Å²) >= 11 is 0. The van der Waals surface area contributed by atoms with Gasteiger partial charge in [0.2, 0.25) is 10.0 Å². The van der Waals surface area contributed by atoms with Crippen LogP contribution in [0.25, 0.3) is 0 Å². The Morgan fingerprint density at radius 1 is 1.10 bits per heavy atom. The zero-order valence-corrected chi connectivity index (χ0v) is 18.3. The van der Waals surface area contributed by atoms with Crippen LogP contribution in [0, 0.1) is 10.1 Å². The molecule has 1 aromatic rings. The Bertz CT molecular complexity index is 962. The number of nitro benzene ring substituents is 1. The summed E-state index contributed by atoms with van der Waals surface area (Å²) in [6, 6.07) is 3.38. The van der Waals surface area contributed by atoms with Gasteiger partial charge in [-0.2, -0.15) is 4.31 Å². The van der Waals surface area contributed by atoms with Crippen LogP contribution in [0.3, 0.4) is 0 Å². The Kier molecular flexibility index (Phi) is 9.02. The number of nitrogens with zero attached hydrogens (tertiary/aromatic N) is 4. The lowest BCUT2D eigenvalue weighted by atomic mass is 10.1. The van der Waals surface area contributed by atoms with Gasteiger partial charge in [0.1, 0.15) is 17.1 Å². The van der Waals surface area contributed by atoms with Crippen LogP contribution < -0.4 is 0 Å². The van der Waals surface area contributed by atoms with E-state index in [4.69, 9.17) is 5.11 Å². The molecule has 0 heterocycles. The molecule has 0 radical (unpaired) electrons. The summed E-state index contributed by atoms with van der Waals surface area (Å²) in [4.78, 5) is 46.5. The van der Waals surface area contributed by atoms with E-state index < -0.39 is 48.9 Å². The molecule has 0 saturated heterocycles. The number of benzene rings is 1. The molecule has 0 aliphatic rings. The van der Waals surface area contributed by atoms with E-state index in [1.807, 2.05) is 0 Å². The number of carbonyl (C=O) groups is 3. The molecule has 172 valence electrons. The van der Waals surface area contributed by atoms with Crippen LogP contribution >= 0.6 is 0 Å². The van der Waals surface area contributed by atoms with E-state index in [1.165, 1.54) is 27.2 Å². The van der Waals surface area contributed by atoms with Crippen molar-refractivity contribution in [3.8, 4) is 0 Å². The molecule has 0 bridgehead atoms. The Labute approximate surface area is 179 Å². The Balaban J connectivity index is 2.99. The Morgan fingerprint density at radius 3 is 2.23 bits per heavy atom. The first kappa shape index (κ1) is 25.9. The second-order valence-electron chi connectivity index (χ2n) is 6.68. The molecule has 0 unspecified atom stereocenters. The lowest BCUT2D eigenvalue weighted by molar-refractivity contribution is -0.385. The topological polar surface area (TPSA) is 168 Å². The first-order valence-electron chi connectivity index (χ1n) is 8.84. The Morgan fingerprint density at radius 2 is 1.71 bits per heavy atom. The van der Waals surface area contributed by atoms with Gasteiger partial charge in [0.25, 0.3) is 11.6 Å². The van der Waals surface area contributed by atoms with Crippen molar-refractivity contribution in [2.45, 2.75) is 4.90 Å². The number of carboxylic acids is 1. The summed E-state index contributed by atoms with van der Waals surface area (Å²) in [6.45, 7) is 0.0643. The number of hydrogen-bond donors (Lipinski definition) is 1. The molecule has 0 aromatic heterocycles. The van der Waals surface area contributed by atoms with Crippen LogP contribution in [0.2, 0.25) is 0 Å². The number of esters is 1. The molecule has 0 atom stereocenters. The summed E-state index contributed by atoms with van der Waals surface area (Å²) in [6.07, 6.45) is 0. The molecule has 0 aliphatic carbocycles. The zero-order valence-electron chi connectivity index (χ0n) is 17.5. The number of likely N-dealkylation sites (N-methyl/N-ethyl adjacent to an activating group) is 2. The normalized spacial score (nSPS) is 11.4. The molecular formula is C17H24N4O9S. The van der Waals surface area contributed by atoms with Crippen LogP contribution in [0.4, 0.5) is 5.69 Å². The third-order valence-corrected chi connectivity index (χ3v) is 6.09. The number of carbonyl (C=O) groups excluding carboxylic acids is 2. The van der Waals surface area contributed by atoms with Gasteiger partial charge >= 0.3 is 11.9 Å². The third-order valence-electron chi connectivity index (χ3n) is 4.19. The quantitative estimate of drug-likeness (QED) is 0.207. The lowest BCUT2D eigenvalue weighted by Crippen LogP contribution is -2.37. The van der Waals surface area contributed by atoms with Crippen molar-refractivity contribution in [3.05, 3.63) is 33.9 Å². The van der Waals surface area contributed by atoms with Gasteiger partial charge in [0, 0.05) is 46.8 Å². The van der Waals surface area contributed by atoms with Crippen LogP contribution in [-0.4, -0.2) is 105 Å². The number of rotatable bonds is 10. The van der Waals surface area contributed by atoms with E-state index in [0.29, 0.717) is 0 Å². The van der Waals surface area contributed by atoms with Gasteiger partial charge in [-0.25, -0.2) is 18.0 Å². The second kappa shape index (κ2) is 10.8. The van der Waals surface area contributed by atoms with Gasteiger partial charge in [-0.1, -0.05) is 6.07 Å². The van der Waals surface area contributed by atoms with E-state index in [-0.39, 0.29) is 26.2 Å². The number of ether oxygens (including phenoxy) is 1. The number of hydrogen-bond acceptors (Lipinski definition) is 9. The highest BCUT2D eigenvalue weighted by Crippen LogP contribution is 2.28. The number of sulfonamides is 1. The maximum Gasteiger partial charge on any atom is 0.417 e. The van der Waals surface area contributed by atoms with E-state index >= 15 is 0 Å². The van der Waals surface area contributed by atoms with E-state index in [2.05, 4.69) is 4.74 Å². The molecule has 13 nitrogen and oxygen atoms in total. The van der Waals surface area contributed by atoms with Crippen molar-refractivity contribution in [2.24, 2.45) is 0 Å². The summed E-state index contributed by atoms with van der Waals surface area (Å²) in [7, 11) is 1.31. The highest BCUT2D eigenvalue weighted by Gasteiger charge is 2.33. The molecule has 0 aliphatic heterocycles. The summed E-state index contributed by atoms with van der Waals surface area (Å²) < 4.78 is 31.5. The smallest absolute Gasteiger partial charge is 0.417 e. The highest BCUT2D eigenvalue weighted by molar-refractivity contribution is 7.89. The van der Waals surface area contributed by atoms with E-state index in [1.54, 1.807) is 11.9 Å². The minimum absolute atomic E-state index is 0.0516. The van der Waals surface area contributed by atoms with E-state index in [9.17, 15) is 32.9 Å². The van der Waals surface area contributed by atoms with Crippen LogP contribution in [0.1, 0.15) is 10.4 Å². The summed E-state index contributed by atoms with van der Waals surface area (Å²) in [5.74, 6) is -3.93.